The van der Waals surface area contributed by atoms with Crippen LogP contribution >= 0.6 is 11.6 Å². The van der Waals surface area contributed by atoms with Crippen LogP contribution in [-0.2, 0) is 4.79 Å². The number of alkyl halides is 1. The van der Waals surface area contributed by atoms with E-state index in [1.807, 2.05) is 48.5 Å². The van der Waals surface area contributed by atoms with Crippen LogP contribution in [0, 0.1) is 16.7 Å². The van der Waals surface area contributed by atoms with Gasteiger partial charge in [0.25, 0.3) is 0 Å². The molecule has 3 unspecified atom stereocenters. The van der Waals surface area contributed by atoms with Crippen molar-refractivity contribution >= 4 is 17.6 Å². The van der Waals surface area contributed by atoms with Gasteiger partial charge in [0.1, 0.15) is 5.75 Å². The van der Waals surface area contributed by atoms with Gasteiger partial charge in [0.05, 0.1) is 12.7 Å². The van der Waals surface area contributed by atoms with E-state index in [9.17, 15) is 15.2 Å². The summed E-state index contributed by atoms with van der Waals surface area (Å²) in [5.41, 5.74) is 1.42. The lowest BCUT2D eigenvalue weighted by atomic mass is 9.64. The highest BCUT2D eigenvalue weighted by Gasteiger charge is 2.52. The van der Waals surface area contributed by atoms with Crippen LogP contribution < -0.4 is 4.74 Å². The predicted molar refractivity (Wildman–Crippen MR) is 123 cm³/mol. The smallest absolute Gasteiger partial charge is 0.324 e. The van der Waals surface area contributed by atoms with Crippen molar-refractivity contribution in [1.82, 2.24) is 0 Å². The highest BCUT2D eigenvalue weighted by Crippen LogP contribution is 2.49. The van der Waals surface area contributed by atoms with Crippen molar-refractivity contribution < 1.29 is 14.6 Å². The molecule has 0 spiro atoms. The Kier molecular flexibility index (Phi) is 7.98. The SMILES string of the molecule is CCCCCCOc1ccc(-c2ccc(C3C(Cl)CCCC3(C#N)C(=O)O)cc2)cc1. The molecule has 1 aliphatic rings. The van der Waals surface area contributed by atoms with Gasteiger partial charge in [0.15, 0.2) is 5.41 Å². The first-order valence-corrected chi connectivity index (χ1v) is 11.6. The van der Waals surface area contributed by atoms with Gasteiger partial charge in [-0.25, -0.2) is 0 Å². The number of carbonyl (C=O) groups is 1. The fourth-order valence-electron chi connectivity index (χ4n) is 4.46. The maximum Gasteiger partial charge on any atom is 0.324 e. The van der Waals surface area contributed by atoms with E-state index < -0.39 is 17.3 Å². The van der Waals surface area contributed by atoms with Crippen molar-refractivity contribution in [2.75, 3.05) is 6.61 Å². The molecule has 0 saturated heterocycles. The molecule has 3 rings (SSSR count). The number of hydrogen-bond donors (Lipinski definition) is 1. The van der Waals surface area contributed by atoms with Crippen LogP contribution in [0.25, 0.3) is 11.1 Å². The first-order chi connectivity index (χ1) is 15.0. The second-order valence-corrected chi connectivity index (χ2v) is 8.89. The van der Waals surface area contributed by atoms with Crippen molar-refractivity contribution in [2.45, 2.75) is 63.2 Å². The lowest BCUT2D eigenvalue weighted by Crippen LogP contribution is -2.43. The summed E-state index contributed by atoms with van der Waals surface area (Å²) in [6.07, 6.45) is 6.41. The average molecular weight is 440 g/mol. The van der Waals surface area contributed by atoms with Crippen LogP contribution in [0.5, 0.6) is 5.75 Å². The van der Waals surface area contributed by atoms with Crippen molar-refractivity contribution in [2.24, 2.45) is 5.41 Å². The van der Waals surface area contributed by atoms with E-state index in [2.05, 4.69) is 13.0 Å². The highest BCUT2D eigenvalue weighted by atomic mass is 35.5. The third kappa shape index (κ3) is 5.22. The molecule has 0 aliphatic heterocycles. The van der Waals surface area contributed by atoms with Gasteiger partial charge in [-0.2, -0.15) is 5.26 Å². The Morgan fingerprint density at radius 2 is 1.77 bits per heavy atom. The van der Waals surface area contributed by atoms with E-state index in [4.69, 9.17) is 16.3 Å². The molecule has 1 aliphatic carbocycles. The molecule has 31 heavy (non-hydrogen) atoms. The summed E-state index contributed by atoms with van der Waals surface area (Å²) in [5.74, 6) is -0.744. The van der Waals surface area contributed by atoms with Gasteiger partial charge in [0.2, 0.25) is 0 Å². The summed E-state index contributed by atoms with van der Waals surface area (Å²) in [6.45, 7) is 2.93. The van der Waals surface area contributed by atoms with Gasteiger partial charge < -0.3 is 9.84 Å². The summed E-state index contributed by atoms with van der Waals surface area (Å²) in [4.78, 5) is 12.0. The quantitative estimate of drug-likeness (QED) is 0.345. The maximum atomic E-state index is 12.0. The second kappa shape index (κ2) is 10.7. The summed E-state index contributed by atoms with van der Waals surface area (Å²) >= 11 is 6.54. The fraction of sp³-hybridized carbons (Fsp3) is 0.462. The third-order valence-corrected chi connectivity index (χ3v) is 6.72. The number of carboxylic acids is 1. The van der Waals surface area contributed by atoms with Crippen molar-refractivity contribution in [3.63, 3.8) is 0 Å². The minimum atomic E-state index is -1.47. The Morgan fingerprint density at radius 1 is 1.13 bits per heavy atom. The molecule has 4 nitrogen and oxygen atoms in total. The Balaban J connectivity index is 1.72. The fourth-order valence-corrected chi connectivity index (χ4v) is 4.97. The monoisotopic (exact) mass is 439 g/mol. The number of benzene rings is 2. The standard InChI is InChI=1S/C26H30ClNO3/c1-2-3-4-5-17-31-22-14-12-20(13-15-22)19-8-10-21(11-9-19)24-23(27)7-6-16-26(24,18-28)25(29)30/h8-15,23-24H,2-7,16-17H2,1H3,(H,29,30). The van der Waals surface area contributed by atoms with E-state index in [0.29, 0.717) is 19.3 Å². The average Bonchev–Trinajstić information content (AvgIpc) is 2.79. The van der Waals surface area contributed by atoms with Gasteiger partial charge in [0, 0.05) is 11.3 Å². The van der Waals surface area contributed by atoms with Crippen LogP contribution in [0.15, 0.2) is 48.5 Å². The van der Waals surface area contributed by atoms with Gasteiger partial charge >= 0.3 is 5.97 Å². The number of unbranched alkanes of at least 4 members (excludes halogenated alkanes) is 3. The molecule has 5 heteroatoms. The van der Waals surface area contributed by atoms with Gasteiger partial charge in [-0.05, 0) is 54.5 Å². The topological polar surface area (TPSA) is 70.3 Å². The van der Waals surface area contributed by atoms with Crippen LogP contribution in [0.1, 0.15) is 63.4 Å². The van der Waals surface area contributed by atoms with Crippen molar-refractivity contribution in [1.29, 1.82) is 5.26 Å². The third-order valence-electron chi connectivity index (χ3n) is 6.25. The normalized spacial score (nSPS) is 23.1. The molecule has 0 bridgehead atoms. The number of carboxylic acid groups (broad SMARTS) is 1. The molecule has 0 aromatic heterocycles. The largest absolute Gasteiger partial charge is 0.494 e. The number of hydrogen-bond acceptors (Lipinski definition) is 3. The van der Waals surface area contributed by atoms with E-state index in [1.165, 1.54) is 19.3 Å². The molecule has 1 N–H and O–H groups in total. The summed E-state index contributed by atoms with van der Waals surface area (Å²) in [6, 6.07) is 17.8. The minimum absolute atomic E-state index is 0.328. The molecular formula is C26H30ClNO3. The molecule has 0 heterocycles. The van der Waals surface area contributed by atoms with Crippen LogP contribution in [0.4, 0.5) is 0 Å². The molecule has 164 valence electrons. The summed E-state index contributed by atoms with van der Waals surface area (Å²) < 4.78 is 5.81. The molecular weight excluding hydrogens is 410 g/mol. The summed E-state index contributed by atoms with van der Waals surface area (Å²) in [7, 11) is 0. The van der Waals surface area contributed by atoms with Gasteiger partial charge in [-0.1, -0.05) is 62.6 Å². The van der Waals surface area contributed by atoms with E-state index in [1.54, 1.807) is 0 Å². The number of ether oxygens (including phenoxy) is 1. The van der Waals surface area contributed by atoms with Crippen molar-refractivity contribution in [3.05, 3.63) is 54.1 Å². The number of nitrogens with zero attached hydrogens (tertiary/aromatic N) is 1. The number of rotatable bonds is 9. The van der Waals surface area contributed by atoms with Crippen LogP contribution in [-0.4, -0.2) is 23.1 Å². The highest BCUT2D eigenvalue weighted by molar-refractivity contribution is 6.21. The van der Waals surface area contributed by atoms with Crippen molar-refractivity contribution in [3.8, 4) is 22.9 Å². The Labute approximate surface area is 189 Å². The number of nitriles is 1. The molecule has 3 atom stereocenters. The Hall–Kier alpha value is -2.51. The zero-order valence-electron chi connectivity index (χ0n) is 18.0. The number of aliphatic carboxylic acids is 1. The Morgan fingerprint density at radius 3 is 2.35 bits per heavy atom. The van der Waals surface area contributed by atoms with Crippen LogP contribution in [0.2, 0.25) is 0 Å². The van der Waals surface area contributed by atoms with Gasteiger partial charge in [-0.3, -0.25) is 4.79 Å². The first-order valence-electron chi connectivity index (χ1n) is 11.1. The number of halogens is 1. The lowest BCUT2D eigenvalue weighted by molar-refractivity contribution is -0.148. The first kappa shape index (κ1) is 23.2. The molecule has 0 radical (unpaired) electrons. The predicted octanol–water partition coefficient (Wildman–Crippen LogP) is 6.78. The molecule has 2 aromatic rings. The summed E-state index contributed by atoms with van der Waals surface area (Å²) in [5, 5.41) is 19.2. The lowest BCUT2D eigenvalue weighted by Gasteiger charge is -2.39. The Bertz CT molecular complexity index is 904. The van der Waals surface area contributed by atoms with E-state index in [-0.39, 0.29) is 5.38 Å². The van der Waals surface area contributed by atoms with Gasteiger partial charge in [-0.15, -0.1) is 11.6 Å². The zero-order chi connectivity index (χ0) is 22.3. The van der Waals surface area contributed by atoms with E-state index >= 15 is 0 Å². The second-order valence-electron chi connectivity index (χ2n) is 8.33. The molecule has 1 fully saturated rings. The van der Waals surface area contributed by atoms with Crippen LogP contribution in [0.3, 0.4) is 0 Å². The van der Waals surface area contributed by atoms with E-state index in [0.717, 1.165) is 35.5 Å². The molecule has 1 saturated carbocycles. The molecule has 2 aromatic carbocycles. The molecule has 0 amide bonds. The minimum Gasteiger partial charge on any atom is -0.494 e. The zero-order valence-corrected chi connectivity index (χ0v) is 18.8. The maximum absolute atomic E-state index is 12.0.